The first-order valence-corrected chi connectivity index (χ1v) is 7.47. The highest BCUT2D eigenvalue weighted by Gasteiger charge is 2.10. The molecule has 0 aromatic heterocycles. The molecule has 2 nitrogen and oxygen atoms in total. The van der Waals surface area contributed by atoms with Gasteiger partial charge in [-0.3, -0.25) is 0 Å². The lowest BCUT2D eigenvalue weighted by atomic mass is 9.94. The fourth-order valence-electron chi connectivity index (χ4n) is 2.58. The number of aryl methyl sites for hydroxylation is 1. The van der Waals surface area contributed by atoms with Crippen LogP contribution in [0.25, 0.3) is 0 Å². The monoisotopic (exact) mass is 284 g/mol. The van der Waals surface area contributed by atoms with Crippen LogP contribution in [-0.4, -0.2) is 14.2 Å². The molecule has 0 aliphatic carbocycles. The van der Waals surface area contributed by atoms with Gasteiger partial charge in [0.25, 0.3) is 0 Å². The van der Waals surface area contributed by atoms with Crippen LogP contribution in [0.4, 0.5) is 0 Å². The molecule has 0 heterocycles. The Balaban J connectivity index is 1.97. The summed E-state index contributed by atoms with van der Waals surface area (Å²) in [6, 6.07) is 16.7. The van der Waals surface area contributed by atoms with E-state index in [1.807, 2.05) is 12.1 Å². The summed E-state index contributed by atoms with van der Waals surface area (Å²) in [5.74, 6) is 2.44. The molecule has 2 rings (SSSR count). The highest BCUT2D eigenvalue weighted by molar-refractivity contribution is 5.40. The van der Waals surface area contributed by atoms with E-state index in [0.29, 0.717) is 5.92 Å². The minimum atomic E-state index is 0.603. The van der Waals surface area contributed by atoms with Crippen LogP contribution in [0.15, 0.2) is 48.5 Å². The summed E-state index contributed by atoms with van der Waals surface area (Å²) in [7, 11) is 3.42. The molecule has 0 spiro atoms. The zero-order chi connectivity index (χ0) is 15.1. The lowest BCUT2D eigenvalue weighted by Gasteiger charge is -2.15. The first-order valence-electron chi connectivity index (χ1n) is 7.47. The second-order valence-corrected chi connectivity index (χ2v) is 5.51. The molecule has 0 N–H and O–H groups in total. The van der Waals surface area contributed by atoms with E-state index < -0.39 is 0 Å². The second kappa shape index (κ2) is 7.72. The van der Waals surface area contributed by atoms with E-state index in [4.69, 9.17) is 9.47 Å². The van der Waals surface area contributed by atoms with Gasteiger partial charge in [0, 0.05) is 0 Å². The smallest absolute Gasteiger partial charge is 0.122 e. The molecule has 1 atom stereocenters. The number of benzene rings is 2. The summed E-state index contributed by atoms with van der Waals surface area (Å²) in [6.45, 7) is 2.29. The Kier molecular flexibility index (Phi) is 5.68. The van der Waals surface area contributed by atoms with Crippen LogP contribution >= 0.6 is 0 Å². The first-order chi connectivity index (χ1) is 10.2. The molecule has 0 bridgehead atoms. The maximum atomic E-state index is 5.45. The Morgan fingerprint density at radius 3 is 2.38 bits per heavy atom. The zero-order valence-corrected chi connectivity index (χ0v) is 13.1. The second-order valence-electron chi connectivity index (χ2n) is 5.51. The van der Waals surface area contributed by atoms with Crippen molar-refractivity contribution < 1.29 is 9.47 Å². The number of hydrogen-bond acceptors (Lipinski definition) is 2. The van der Waals surface area contributed by atoms with E-state index in [2.05, 4.69) is 43.3 Å². The Bertz CT molecular complexity index is 549. The minimum absolute atomic E-state index is 0.603. The summed E-state index contributed by atoms with van der Waals surface area (Å²) >= 11 is 0. The summed E-state index contributed by atoms with van der Waals surface area (Å²) in [5.41, 5.74) is 2.62. The van der Waals surface area contributed by atoms with Gasteiger partial charge in [0.1, 0.15) is 11.5 Å². The molecular formula is C19H24O2. The molecule has 21 heavy (non-hydrogen) atoms. The molecule has 112 valence electrons. The number of rotatable bonds is 7. The predicted molar refractivity (Wildman–Crippen MR) is 87.2 cm³/mol. The Morgan fingerprint density at radius 1 is 0.952 bits per heavy atom. The average Bonchev–Trinajstić information content (AvgIpc) is 2.54. The van der Waals surface area contributed by atoms with Gasteiger partial charge in [0.15, 0.2) is 0 Å². The molecule has 0 radical (unpaired) electrons. The normalized spacial score (nSPS) is 12.0. The minimum Gasteiger partial charge on any atom is -0.497 e. The SMILES string of the molecule is COc1ccc(OC)c(CC(C)CCc2ccccc2)c1. The van der Waals surface area contributed by atoms with Gasteiger partial charge in [0.2, 0.25) is 0 Å². The fraction of sp³-hybridized carbons (Fsp3) is 0.368. The van der Waals surface area contributed by atoms with Crippen LogP contribution in [0.2, 0.25) is 0 Å². The van der Waals surface area contributed by atoms with Crippen molar-refractivity contribution in [1.82, 2.24) is 0 Å². The van der Waals surface area contributed by atoms with Gasteiger partial charge >= 0.3 is 0 Å². The fourth-order valence-corrected chi connectivity index (χ4v) is 2.58. The van der Waals surface area contributed by atoms with Gasteiger partial charge < -0.3 is 9.47 Å². The molecule has 1 unspecified atom stereocenters. The van der Waals surface area contributed by atoms with Crippen LogP contribution in [-0.2, 0) is 12.8 Å². The third kappa shape index (κ3) is 4.52. The number of methoxy groups -OCH3 is 2. The van der Waals surface area contributed by atoms with Gasteiger partial charge in [-0.2, -0.15) is 0 Å². The Labute approximate surface area is 127 Å². The number of ether oxygens (including phenoxy) is 2. The van der Waals surface area contributed by atoms with E-state index in [0.717, 1.165) is 24.3 Å². The number of hydrogen-bond donors (Lipinski definition) is 0. The highest BCUT2D eigenvalue weighted by Crippen LogP contribution is 2.27. The van der Waals surface area contributed by atoms with Gasteiger partial charge in [0.05, 0.1) is 14.2 Å². The van der Waals surface area contributed by atoms with Crippen molar-refractivity contribution in [3.05, 3.63) is 59.7 Å². The van der Waals surface area contributed by atoms with Crippen molar-refractivity contribution in [2.45, 2.75) is 26.2 Å². The molecular weight excluding hydrogens is 260 g/mol. The molecule has 0 saturated carbocycles. The van der Waals surface area contributed by atoms with Crippen LogP contribution in [0.5, 0.6) is 11.5 Å². The topological polar surface area (TPSA) is 18.5 Å². The van der Waals surface area contributed by atoms with E-state index >= 15 is 0 Å². The summed E-state index contributed by atoms with van der Waals surface area (Å²) in [4.78, 5) is 0. The lowest BCUT2D eigenvalue weighted by molar-refractivity contribution is 0.394. The third-order valence-electron chi connectivity index (χ3n) is 3.82. The highest BCUT2D eigenvalue weighted by atomic mass is 16.5. The van der Waals surface area contributed by atoms with Gasteiger partial charge in [-0.1, -0.05) is 37.3 Å². The van der Waals surface area contributed by atoms with Crippen molar-refractivity contribution in [2.24, 2.45) is 5.92 Å². The molecule has 2 aromatic rings. The summed E-state index contributed by atoms with van der Waals surface area (Å²) in [6.07, 6.45) is 3.30. The van der Waals surface area contributed by atoms with Crippen LogP contribution in [0.3, 0.4) is 0 Å². The Morgan fingerprint density at radius 2 is 1.71 bits per heavy atom. The van der Waals surface area contributed by atoms with E-state index in [9.17, 15) is 0 Å². The average molecular weight is 284 g/mol. The quantitative estimate of drug-likeness (QED) is 0.744. The maximum Gasteiger partial charge on any atom is 0.122 e. The van der Waals surface area contributed by atoms with E-state index in [1.165, 1.54) is 17.5 Å². The molecule has 0 amide bonds. The first kappa shape index (κ1) is 15.4. The predicted octanol–water partition coefficient (Wildman–Crippen LogP) is 4.52. The van der Waals surface area contributed by atoms with Gasteiger partial charge in [-0.05, 0) is 54.5 Å². The molecule has 0 aliphatic rings. The maximum absolute atomic E-state index is 5.45. The van der Waals surface area contributed by atoms with Crippen molar-refractivity contribution in [3.8, 4) is 11.5 Å². The largest absolute Gasteiger partial charge is 0.497 e. The van der Waals surface area contributed by atoms with Crippen molar-refractivity contribution in [3.63, 3.8) is 0 Å². The molecule has 0 aliphatic heterocycles. The van der Waals surface area contributed by atoms with Crippen molar-refractivity contribution in [1.29, 1.82) is 0 Å². The van der Waals surface area contributed by atoms with Crippen molar-refractivity contribution in [2.75, 3.05) is 14.2 Å². The van der Waals surface area contributed by atoms with Crippen LogP contribution in [0, 0.1) is 5.92 Å². The Hall–Kier alpha value is -1.96. The molecule has 2 aromatic carbocycles. The lowest BCUT2D eigenvalue weighted by Crippen LogP contribution is -2.04. The van der Waals surface area contributed by atoms with E-state index in [-0.39, 0.29) is 0 Å². The standard InChI is InChI=1S/C19H24O2/c1-15(9-10-16-7-5-4-6-8-16)13-17-14-18(20-2)11-12-19(17)21-3/h4-8,11-12,14-15H,9-10,13H2,1-3H3. The van der Waals surface area contributed by atoms with Gasteiger partial charge in [-0.15, -0.1) is 0 Å². The third-order valence-corrected chi connectivity index (χ3v) is 3.82. The molecule has 0 fully saturated rings. The molecule has 2 heteroatoms. The zero-order valence-electron chi connectivity index (χ0n) is 13.1. The van der Waals surface area contributed by atoms with Crippen LogP contribution in [0.1, 0.15) is 24.5 Å². The molecule has 0 saturated heterocycles. The summed E-state index contributed by atoms with van der Waals surface area (Å²) in [5, 5.41) is 0. The van der Waals surface area contributed by atoms with E-state index in [1.54, 1.807) is 14.2 Å². The summed E-state index contributed by atoms with van der Waals surface area (Å²) < 4.78 is 10.8. The van der Waals surface area contributed by atoms with Crippen LogP contribution < -0.4 is 9.47 Å². The van der Waals surface area contributed by atoms with Crippen molar-refractivity contribution >= 4 is 0 Å². The van der Waals surface area contributed by atoms with Gasteiger partial charge in [-0.25, -0.2) is 0 Å².